The lowest BCUT2D eigenvalue weighted by Crippen LogP contribution is -2.39. The van der Waals surface area contributed by atoms with E-state index in [4.69, 9.17) is 9.47 Å². The summed E-state index contributed by atoms with van der Waals surface area (Å²) < 4.78 is 11.6. The number of amides is 1. The number of methoxy groups -OCH3 is 1. The van der Waals surface area contributed by atoms with Gasteiger partial charge in [-0.2, -0.15) is 0 Å². The number of hydrogen-bond acceptors (Lipinski definition) is 7. The Bertz CT molecular complexity index is 779. The molecular weight excluding hydrogens is 350 g/mol. The Kier molecular flexibility index (Phi) is 6.02. The summed E-state index contributed by atoms with van der Waals surface area (Å²) in [6.45, 7) is 2.66. The van der Waals surface area contributed by atoms with Crippen LogP contribution in [0.15, 0.2) is 36.5 Å². The molecule has 2 aromatic rings. The van der Waals surface area contributed by atoms with Gasteiger partial charge in [-0.15, -0.1) is 5.10 Å². The molecule has 9 heteroatoms. The zero-order valence-corrected chi connectivity index (χ0v) is 15.3. The fraction of sp³-hybridized carbons (Fsp3) is 0.444. The third-order valence-electron chi connectivity index (χ3n) is 4.43. The van der Waals surface area contributed by atoms with Crippen LogP contribution in [0.5, 0.6) is 0 Å². The second-order valence-corrected chi connectivity index (χ2v) is 6.44. The molecule has 0 aliphatic carbocycles. The molecule has 3 rings (SSSR count). The van der Waals surface area contributed by atoms with Gasteiger partial charge < -0.3 is 14.8 Å². The first-order chi connectivity index (χ1) is 13.0. The number of benzene rings is 1. The predicted octanol–water partition coefficient (Wildman–Crippen LogP) is 0.649. The number of nitrogens with one attached hydrogen (secondary N) is 2. The molecule has 0 bridgehead atoms. The monoisotopic (exact) mass is 373 g/mol. The van der Waals surface area contributed by atoms with Gasteiger partial charge in [0.2, 0.25) is 0 Å². The highest BCUT2D eigenvalue weighted by molar-refractivity contribution is 5.76. The van der Waals surface area contributed by atoms with Gasteiger partial charge in [0, 0.05) is 12.7 Å². The summed E-state index contributed by atoms with van der Waals surface area (Å²) in [5.74, 6) is -0.328. The molecule has 2 N–H and O–H groups in total. The molecule has 3 atom stereocenters. The number of hydrogen-bond donors (Lipinski definition) is 2. The Morgan fingerprint density at radius 2 is 2.19 bits per heavy atom. The number of nitrogens with zero attached hydrogens (tertiary/aromatic N) is 3. The maximum atomic E-state index is 12.1. The summed E-state index contributed by atoms with van der Waals surface area (Å²) in [5, 5.41) is 14.1. The third kappa shape index (κ3) is 5.04. The first-order valence-corrected chi connectivity index (χ1v) is 8.76. The lowest BCUT2D eigenvalue weighted by Gasteiger charge is -2.15. The molecule has 0 spiro atoms. The summed E-state index contributed by atoms with van der Waals surface area (Å²) >= 11 is 0. The highest BCUT2D eigenvalue weighted by Crippen LogP contribution is 2.10. The fourth-order valence-corrected chi connectivity index (χ4v) is 2.92. The van der Waals surface area contributed by atoms with E-state index in [1.54, 1.807) is 10.9 Å². The van der Waals surface area contributed by atoms with Crippen LogP contribution in [0.25, 0.3) is 0 Å². The number of alkyl carbamates (subject to hydrolysis) is 1. The summed E-state index contributed by atoms with van der Waals surface area (Å²) in [6.07, 6.45) is 1.65. The van der Waals surface area contributed by atoms with E-state index in [-0.39, 0.29) is 18.1 Å². The molecule has 1 aromatic heterocycles. The van der Waals surface area contributed by atoms with E-state index >= 15 is 0 Å². The molecule has 0 saturated carbocycles. The average Bonchev–Trinajstić information content (AvgIpc) is 3.24. The Hall–Kier alpha value is -2.94. The molecule has 1 aliphatic heterocycles. The minimum Gasteiger partial charge on any atom is -0.468 e. The van der Waals surface area contributed by atoms with Crippen LogP contribution < -0.4 is 10.6 Å². The van der Waals surface area contributed by atoms with Crippen molar-refractivity contribution in [2.24, 2.45) is 0 Å². The molecule has 1 aromatic carbocycles. The Balaban J connectivity index is 1.56. The summed E-state index contributed by atoms with van der Waals surface area (Å²) in [7, 11) is 1.37. The van der Waals surface area contributed by atoms with Crippen LogP contribution in [0.3, 0.4) is 0 Å². The van der Waals surface area contributed by atoms with Gasteiger partial charge in [0.15, 0.2) is 0 Å². The smallest absolute Gasteiger partial charge is 0.407 e. The van der Waals surface area contributed by atoms with E-state index in [1.165, 1.54) is 7.11 Å². The number of carbonyl (C=O) groups is 2. The maximum Gasteiger partial charge on any atom is 0.407 e. The van der Waals surface area contributed by atoms with E-state index in [0.717, 1.165) is 5.56 Å². The van der Waals surface area contributed by atoms with E-state index in [1.807, 2.05) is 37.3 Å². The van der Waals surface area contributed by atoms with E-state index in [0.29, 0.717) is 25.2 Å². The fourth-order valence-electron chi connectivity index (χ4n) is 2.92. The van der Waals surface area contributed by atoms with Crippen molar-refractivity contribution < 1.29 is 19.1 Å². The molecule has 2 heterocycles. The van der Waals surface area contributed by atoms with Crippen molar-refractivity contribution in [3.8, 4) is 0 Å². The molecule has 1 amide bonds. The second-order valence-electron chi connectivity index (χ2n) is 6.44. The molecule has 9 nitrogen and oxygen atoms in total. The highest BCUT2D eigenvalue weighted by Gasteiger charge is 2.30. The quantitative estimate of drug-likeness (QED) is 0.654. The van der Waals surface area contributed by atoms with Crippen LogP contribution in [0.2, 0.25) is 0 Å². The Morgan fingerprint density at radius 3 is 2.85 bits per heavy atom. The van der Waals surface area contributed by atoms with Gasteiger partial charge in [-0.25, -0.2) is 4.79 Å². The van der Waals surface area contributed by atoms with Crippen molar-refractivity contribution in [2.45, 2.75) is 44.6 Å². The van der Waals surface area contributed by atoms with Crippen LogP contribution in [0.1, 0.15) is 18.2 Å². The Labute approximate surface area is 157 Å². The van der Waals surface area contributed by atoms with E-state index < -0.39 is 12.1 Å². The zero-order chi connectivity index (χ0) is 19.2. The summed E-state index contributed by atoms with van der Waals surface area (Å²) in [4.78, 5) is 23.3. The van der Waals surface area contributed by atoms with Gasteiger partial charge in [0.05, 0.1) is 25.4 Å². The molecule has 1 fully saturated rings. The zero-order valence-electron chi connectivity index (χ0n) is 15.3. The number of aromatic nitrogens is 3. The summed E-state index contributed by atoms with van der Waals surface area (Å²) in [6, 6.07) is 9.09. The topological polar surface area (TPSA) is 107 Å². The van der Waals surface area contributed by atoms with Gasteiger partial charge in [-0.3, -0.25) is 14.8 Å². The van der Waals surface area contributed by atoms with Crippen molar-refractivity contribution in [3.63, 3.8) is 0 Å². The number of rotatable bonds is 8. The van der Waals surface area contributed by atoms with Crippen molar-refractivity contribution >= 4 is 12.1 Å². The highest BCUT2D eigenvalue weighted by atomic mass is 16.6. The first-order valence-electron chi connectivity index (χ1n) is 8.76. The van der Waals surface area contributed by atoms with Crippen molar-refractivity contribution in [2.75, 3.05) is 7.11 Å². The normalized spacial score (nSPS) is 20.0. The molecule has 0 radical (unpaired) electrons. The van der Waals surface area contributed by atoms with Crippen molar-refractivity contribution in [1.82, 2.24) is 25.6 Å². The molecule has 144 valence electrons. The minimum atomic E-state index is -0.481. The molecule has 0 unspecified atom stereocenters. The maximum absolute atomic E-state index is 12.1. The lowest BCUT2D eigenvalue weighted by molar-refractivity contribution is -0.143. The van der Waals surface area contributed by atoms with E-state index in [9.17, 15) is 9.59 Å². The molecular formula is C18H23N5O4. The molecule has 1 saturated heterocycles. The third-order valence-corrected chi connectivity index (χ3v) is 4.43. The van der Waals surface area contributed by atoms with Crippen molar-refractivity contribution in [1.29, 1.82) is 0 Å². The van der Waals surface area contributed by atoms with Crippen LogP contribution in [-0.4, -0.2) is 52.4 Å². The molecule has 1 aliphatic rings. The van der Waals surface area contributed by atoms with Crippen LogP contribution in [0, 0.1) is 0 Å². The number of carbonyl (C=O) groups excluding carboxylic acids is 2. The van der Waals surface area contributed by atoms with E-state index in [2.05, 4.69) is 20.9 Å². The van der Waals surface area contributed by atoms with Crippen LogP contribution >= 0.6 is 0 Å². The standard InChI is InChI=1S/C18H23N5O4/c1-12-16(20-18(25)27-12)11-23-10-14(21-22-23)9-19-15(17(24)26-2)8-13-6-4-3-5-7-13/h3-7,10,12,15-16,19H,8-9,11H2,1-2H3,(H,20,25)/t12-,15-,16-/m1/s1. The van der Waals surface area contributed by atoms with Gasteiger partial charge >= 0.3 is 12.1 Å². The largest absolute Gasteiger partial charge is 0.468 e. The number of ether oxygens (including phenoxy) is 2. The number of esters is 1. The van der Waals surface area contributed by atoms with Crippen LogP contribution in [0.4, 0.5) is 4.79 Å². The van der Waals surface area contributed by atoms with Gasteiger partial charge in [-0.05, 0) is 18.9 Å². The van der Waals surface area contributed by atoms with Gasteiger partial charge in [-0.1, -0.05) is 35.5 Å². The van der Waals surface area contributed by atoms with Gasteiger partial charge in [0.1, 0.15) is 12.1 Å². The average molecular weight is 373 g/mol. The SMILES string of the molecule is COC(=O)[C@@H](Cc1ccccc1)NCc1cn(C[C@H]2NC(=O)O[C@@H]2C)nn1. The lowest BCUT2D eigenvalue weighted by atomic mass is 10.1. The van der Waals surface area contributed by atoms with Crippen LogP contribution in [-0.2, 0) is 33.8 Å². The minimum absolute atomic E-state index is 0.152. The summed E-state index contributed by atoms with van der Waals surface area (Å²) in [5.41, 5.74) is 1.73. The van der Waals surface area contributed by atoms with Crippen molar-refractivity contribution in [3.05, 3.63) is 47.8 Å². The molecule has 27 heavy (non-hydrogen) atoms. The Morgan fingerprint density at radius 1 is 1.41 bits per heavy atom. The second kappa shape index (κ2) is 8.63. The van der Waals surface area contributed by atoms with Gasteiger partial charge in [0.25, 0.3) is 0 Å². The predicted molar refractivity (Wildman–Crippen MR) is 95.7 cm³/mol. The number of cyclic esters (lactones) is 1. The first kappa shape index (κ1) is 18.8.